The Morgan fingerprint density at radius 1 is 1.56 bits per heavy atom. The smallest absolute Gasteiger partial charge is 0.217 e. The molecule has 4 heteroatoms. The van der Waals surface area contributed by atoms with Crippen molar-refractivity contribution in [3.05, 3.63) is 29.3 Å². The van der Waals surface area contributed by atoms with Gasteiger partial charge in [-0.3, -0.25) is 4.79 Å². The predicted octanol–water partition coefficient (Wildman–Crippen LogP) is 0.947. The van der Waals surface area contributed by atoms with Gasteiger partial charge in [0.05, 0.1) is 6.04 Å². The molecule has 0 spiro atoms. The lowest BCUT2D eigenvalue weighted by Crippen LogP contribution is -2.36. The van der Waals surface area contributed by atoms with Crippen LogP contribution in [0.2, 0.25) is 0 Å². The van der Waals surface area contributed by atoms with Crippen LogP contribution in [0.5, 0.6) is 5.75 Å². The van der Waals surface area contributed by atoms with Gasteiger partial charge in [0.25, 0.3) is 0 Å². The summed E-state index contributed by atoms with van der Waals surface area (Å²) in [6, 6.07) is 4.44. The first-order valence-electron chi connectivity index (χ1n) is 5.04. The molecule has 0 saturated heterocycles. The number of aryl methyl sites for hydroxylation is 1. The normalized spacial score (nSPS) is 11.9. The van der Waals surface area contributed by atoms with Gasteiger partial charge in [0.1, 0.15) is 12.0 Å². The third kappa shape index (κ3) is 3.38. The molecule has 1 rings (SSSR count). The van der Waals surface area contributed by atoms with Crippen molar-refractivity contribution in [1.29, 1.82) is 0 Å². The van der Waals surface area contributed by atoms with Gasteiger partial charge in [0, 0.05) is 6.92 Å². The Balaban J connectivity index is 2.77. The first-order valence-corrected chi connectivity index (χ1v) is 5.04. The second kappa shape index (κ2) is 5.30. The van der Waals surface area contributed by atoms with Gasteiger partial charge in [-0.05, 0) is 36.6 Å². The molecule has 0 saturated carbocycles. The summed E-state index contributed by atoms with van der Waals surface area (Å²) < 4.78 is 0. The van der Waals surface area contributed by atoms with Crippen LogP contribution in [0, 0.1) is 6.92 Å². The Kier molecular flexibility index (Phi) is 4.05. The Morgan fingerprint density at radius 2 is 2.25 bits per heavy atom. The topological polar surface area (TPSA) is 66.4 Å². The van der Waals surface area contributed by atoms with Crippen molar-refractivity contribution in [3.63, 3.8) is 0 Å². The van der Waals surface area contributed by atoms with Crippen LogP contribution in [0.15, 0.2) is 18.2 Å². The van der Waals surface area contributed by atoms with E-state index >= 15 is 0 Å². The lowest BCUT2D eigenvalue weighted by molar-refractivity contribution is -0.122. The maximum absolute atomic E-state index is 10.8. The number of aromatic hydroxyl groups is 1. The van der Waals surface area contributed by atoms with Gasteiger partial charge in [-0.1, -0.05) is 6.07 Å². The van der Waals surface area contributed by atoms with Crippen LogP contribution in [-0.2, 0) is 16.0 Å². The quantitative estimate of drug-likeness (QED) is 0.744. The molecule has 0 heterocycles. The maximum Gasteiger partial charge on any atom is 0.217 e. The zero-order chi connectivity index (χ0) is 12.1. The number of hydrogen-bond donors (Lipinski definition) is 2. The highest BCUT2D eigenvalue weighted by molar-refractivity contribution is 5.77. The Morgan fingerprint density at radius 3 is 2.75 bits per heavy atom. The monoisotopic (exact) mass is 221 g/mol. The number of phenols is 1. The molecular weight excluding hydrogens is 206 g/mol. The van der Waals surface area contributed by atoms with Gasteiger partial charge in [-0.15, -0.1) is 0 Å². The minimum absolute atomic E-state index is 0.198. The van der Waals surface area contributed by atoms with Gasteiger partial charge >= 0.3 is 0 Å². The first kappa shape index (κ1) is 12.2. The van der Waals surface area contributed by atoms with E-state index in [1.165, 1.54) is 6.92 Å². The van der Waals surface area contributed by atoms with Crippen molar-refractivity contribution in [3.8, 4) is 5.75 Å². The average Bonchev–Trinajstić information content (AvgIpc) is 2.20. The van der Waals surface area contributed by atoms with Crippen LogP contribution in [-0.4, -0.2) is 23.3 Å². The number of hydrogen-bond acceptors (Lipinski definition) is 3. The minimum Gasteiger partial charge on any atom is -0.508 e. The fourth-order valence-electron chi connectivity index (χ4n) is 1.54. The molecule has 0 aliphatic rings. The lowest BCUT2D eigenvalue weighted by Gasteiger charge is -2.13. The van der Waals surface area contributed by atoms with E-state index in [1.54, 1.807) is 18.2 Å². The third-order valence-electron chi connectivity index (χ3n) is 2.32. The molecular formula is C12H15NO3. The van der Waals surface area contributed by atoms with E-state index in [9.17, 15) is 14.7 Å². The SMILES string of the molecule is CC(=O)N[C@H](C=O)Cc1ccc(O)cc1C. The number of benzene rings is 1. The molecule has 0 fully saturated rings. The van der Waals surface area contributed by atoms with Crippen molar-refractivity contribution < 1.29 is 14.7 Å². The van der Waals surface area contributed by atoms with Crippen LogP contribution in [0.3, 0.4) is 0 Å². The van der Waals surface area contributed by atoms with Crippen LogP contribution in [0.4, 0.5) is 0 Å². The Hall–Kier alpha value is -1.84. The summed E-state index contributed by atoms with van der Waals surface area (Å²) in [5, 5.41) is 11.8. The number of aldehydes is 1. The van der Waals surface area contributed by atoms with Crippen LogP contribution in [0.1, 0.15) is 18.1 Å². The van der Waals surface area contributed by atoms with Gasteiger partial charge in [-0.2, -0.15) is 0 Å². The summed E-state index contributed by atoms with van der Waals surface area (Å²) in [5.41, 5.74) is 1.83. The first-order chi connectivity index (χ1) is 7.52. The number of phenolic OH excluding ortho intramolecular Hbond substituents is 1. The maximum atomic E-state index is 10.8. The standard InChI is InChI=1S/C12H15NO3/c1-8-5-12(16)4-3-10(8)6-11(7-14)13-9(2)15/h3-5,7,11,16H,6H2,1-2H3,(H,13,15)/t11-/m0/s1. The summed E-state index contributed by atoms with van der Waals surface area (Å²) >= 11 is 0. The molecule has 0 unspecified atom stereocenters. The molecule has 1 amide bonds. The fourth-order valence-corrected chi connectivity index (χ4v) is 1.54. The second-order valence-electron chi connectivity index (χ2n) is 3.76. The van der Waals surface area contributed by atoms with Crippen LogP contribution < -0.4 is 5.32 Å². The van der Waals surface area contributed by atoms with E-state index in [-0.39, 0.29) is 11.7 Å². The molecule has 0 bridgehead atoms. The number of rotatable bonds is 4. The molecule has 0 radical (unpaired) electrons. The summed E-state index contributed by atoms with van der Waals surface area (Å²) in [6.07, 6.45) is 1.16. The van der Waals surface area contributed by atoms with Gasteiger partial charge < -0.3 is 15.2 Å². The predicted molar refractivity (Wildman–Crippen MR) is 60.2 cm³/mol. The summed E-state index contributed by atoms with van der Waals surface area (Å²) in [6.45, 7) is 3.23. The number of carbonyl (C=O) groups is 2. The molecule has 0 aliphatic carbocycles. The van der Waals surface area contributed by atoms with E-state index in [4.69, 9.17) is 0 Å². The van der Waals surface area contributed by atoms with Crippen LogP contribution >= 0.6 is 0 Å². The Labute approximate surface area is 94.3 Å². The molecule has 0 aromatic heterocycles. The van der Waals surface area contributed by atoms with Crippen molar-refractivity contribution in [1.82, 2.24) is 5.32 Å². The summed E-state index contributed by atoms with van der Waals surface area (Å²) in [7, 11) is 0. The molecule has 1 aromatic rings. The summed E-state index contributed by atoms with van der Waals surface area (Å²) in [4.78, 5) is 21.6. The third-order valence-corrected chi connectivity index (χ3v) is 2.32. The van der Waals surface area contributed by atoms with E-state index in [0.29, 0.717) is 12.7 Å². The van der Waals surface area contributed by atoms with E-state index < -0.39 is 6.04 Å². The highest BCUT2D eigenvalue weighted by Gasteiger charge is 2.11. The average molecular weight is 221 g/mol. The van der Waals surface area contributed by atoms with E-state index in [0.717, 1.165) is 11.1 Å². The number of carbonyl (C=O) groups excluding carboxylic acids is 2. The number of nitrogens with one attached hydrogen (secondary N) is 1. The van der Waals surface area contributed by atoms with Gasteiger partial charge in [-0.25, -0.2) is 0 Å². The largest absolute Gasteiger partial charge is 0.508 e. The lowest BCUT2D eigenvalue weighted by atomic mass is 10.0. The van der Waals surface area contributed by atoms with Gasteiger partial charge in [0.2, 0.25) is 5.91 Å². The fraction of sp³-hybridized carbons (Fsp3) is 0.333. The summed E-state index contributed by atoms with van der Waals surface area (Å²) in [5.74, 6) is -0.0306. The van der Waals surface area contributed by atoms with Gasteiger partial charge in [0.15, 0.2) is 0 Å². The molecule has 16 heavy (non-hydrogen) atoms. The van der Waals surface area contributed by atoms with E-state index in [2.05, 4.69) is 5.32 Å². The van der Waals surface area contributed by atoms with Crippen molar-refractivity contribution in [2.45, 2.75) is 26.3 Å². The minimum atomic E-state index is -0.513. The van der Waals surface area contributed by atoms with Crippen molar-refractivity contribution >= 4 is 12.2 Å². The molecule has 1 aromatic carbocycles. The zero-order valence-corrected chi connectivity index (χ0v) is 9.36. The molecule has 1 atom stereocenters. The highest BCUT2D eigenvalue weighted by Crippen LogP contribution is 2.16. The van der Waals surface area contributed by atoms with Crippen molar-refractivity contribution in [2.75, 3.05) is 0 Å². The zero-order valence-electron chi connectivity index (χ0n) is 9.36. The molecule has 4 nitrogen and oxygen atoms in total. The Bertz CT molecular complexity index is 401. The second-order valence-corrected chi connectivity index (χ2v) is 3.76. The highest BCUT2D eigenvalue weighted by atomic mass is 16.3. The van der Waals surface area contributed by atoms with Crippen molar-refractivity contribution in [2.24, 2.45) is 0 Å². The molecule has 2 N–H and O–H groups in total. The molecule has 0 aliphatic heterocycles. The number of amides is 1. The van der Waals surface area contributed by atoms with Crippen LogP contribution in [0.25, 0.3) is 0 Å². The molecule has 86 valence electrons. The van der Waals surface area contributed by atoms with E-state index in [1.807, 2.05) is 6.92 Å².